The highest BCUT2D eigenvalue weighted by atomic mass is 32.2. The Kier molecular flexibility index (Phi) is 6.09. The van der Waals surface area contributed by atoms with Crippen molar-refractivity contribution in [3.05, 3.63) is 58.9 Å². The third kappa shape index (κ3) is 3.44. The van der Waals surface area contributed by atoms with E-state index in [1.165, 1.54) is 53.2 Å². The average molecular weight is 369 g/mol. The van der Waals surface area contributed by atoms with Crippen LogP contribution in [0.2, 0.25) is 0 Å². The van der Waals surface area contributed by atoms with Crippen LogP contribution in [0.15, 0.2) is 41.4 Å². The van der Waals surface area contributed by atoms with Gasteiger partial charge in [0.2, 0.25) is 0 Å². The molecule has 140 valence electrons. The summed E-state index contributed by atoms with van der Waals surface area (Å²) in [4.78, 5) is 8.83. The molecular weight excluding hydrogens is 336 g/mol. The summed E-state index contributed by atoms with van der Waals surface area (Å²) >= 11 is 1.98. The lowest BCUT2D eigenvalue weighted by Crippen LogP contribution is -2.42. The van der Waals surface area contributed by atoms with Crippen LogP contribution in [0.5, 0.6) is 0 Å². The molecule has 2 aliphatic rings. The van der Waals surface area contributed by atoms with E-state index in [9.17, 15) is 0 Å². The SMILES string of the molecule is CC.Cc1ccc2c(c1)SCc1cccnc1C2(C)C1CCN(C)CC1. The first-order valence-electron chi connectivity index (χ1n) is 9.96. The van der Waals surface area contributed by atoms with E-state index in [-0.39, 0.29) is 5.41 Å². The molecule has 3 heteroatoms. The largest absolute Gasteiger partial charge is 0.306 e. The van der Waals surface area contributed by atoms with Crippen LogP contribution in [0.1, 0.15) is 56.0 Å². The lowest BCUT2D eigenvalue weighted by Gasteiger charge is -2.42. The van der Waals surface area contributed by atoms with Crippen molar-refractivity contribution in [3.8, 4) is 0 Å². The predicted octanol–water partition coefficient (Wildman–Crippen LogP) is 5.67. The maximum Gasteiger partial charge on any atom is 0.0550 e. The van der Waals surface area contributed by atoms with Gasteiger partial charge in [-0.2, -0.15) is 0 Å². The van der Waals surface area contributed by atoms with Gasteiger partial charge >= 0.3 is 0 Å². The standard InChI is InChI=1S/C21H26N2S.C2H6/c1-15-6-7-18-19(13-15)24-14-16-5-4-10-22-20(16)21(18,2)17-8-11-23(3)12-9-17;1-2/h4-7,10,13,17H,8-9,11-12,14H2,1-3H3;1-2H3. The monoisotopic (exact) mass is 368 g/mol. The van der Waals surface area contributed by atoms with Crippen molar-refractivity contribution in [1.29, 1.82) is 0 Å². The van der Waals surface area contributed by atoms with Crippen LogP contribution >= 0.6 is 11.8 Å². The second-order valence-electron chi connectivity index (χ2n) is 7.58. The Labute approximate surface area is 163 Å². The van der Waals surface area contributed by atoms with E-state index in [2.05, 4.69) is 56.1 Å². The van der Waals surface area contributed by atoms with Crippen LogP contribution in [0, 0.1) is 12.8 Å². The first-order valence-corrected chi connectivity index (χ1v) is 10.9. The minimum Gasteiger partial charge on any atom is -0.306 e. The molecule has 1 atom stereocenters. The van der Waals surface area contributed by atoms with E-state index in [4.69, 9.17) is 4.98 Å². The van der Waals surface area contributed by atoms with Crippen molar-refractivity contribution in [1.82, 2.24) is 9.88 Å². The fourth-order valence-electron chi connectivity index (χ4n) is 4.48. The maximum atomic E-state index is 4.92. The molecule has 1 fully saturated rings. The van der Waals surface area contributed by atoms with Gasteiger partial charge in [-0.1, -0.05) is 32.0 Å². The van der Waals surface area contributed by atoms with Gasteiger partial charge in [0, 0.05) is 22.3 Å². The molecule has 0 radical (unpaired) electrons. The fraction of sp³-hybridized carbons (Fsp3) is 0.522. The molecule has 2 aliphatic heterocycles. The summed E-state index contributed by atoms with van der Waals surface area (Å²) in [6.07, 6.45) is 4.48. The number of nitrogens with zero attached hydrogens (tertiary/aromatic N) is 2. The van der Waals surface area contributed by atoms with Crippen LogP contribution in [-0.2, 0) is 11.2 Å². The van der Waals surface area contributed by atoms with E-state index >= 15 is 0 Å². The molecule has 1 saturated heterocycles. The third-order valence-corrected chi connectivity index (χ3v) is 7.10. The molecule has 1 aromatic carbocycles. The molecule has 1 aromatic heterocycles. The number of aromatic nitrogens is 1. The molecule has 4 rings (SSSR count). The van der Waals surface area contributed by atoms with Gasteiger partial charge in [-0.25, -0.2) is 0 Å². The van der Waals surface area contributed by atoms with Crippen LogP contribution < -0.4 is 0 Å². The zero-order valence-electron chi connectivity index (χ0n) is 16.9. The van der Waals surface area contributed by atoms with Crippen molar-refractivity contribution in [3.63, 3.8) is 0 Å². The minimum atomic E-state index is 0.0182. The van der Waals surface area contributed by atoms with Gasteiger partial charge in [-0.15, -0.1) is 11.8 Å². The molecule has 0 saturated carbocycles. The Morgan fingerprint density at radius 2 is 1.88 bits per heavy atom. The van der Waals surface area contributed by atoms with E-state index in [0.29, 0.717) is 5.92 Å². The molecule has 3 heterocycles. The van der Waals surface area contributed by atoms with Crippen molar-refractivity contribution in [2.24, 2.45) is 5.92 Å². The first kappa shape index (κ1) is 19.4. The smallest absolute Gasteiger partial charge is 0.0550 e. The minimum absolute atomic E-state index is 0.0182. The summed E-state index contributed by atoms with van der Waals surface area (Å²) in [6.45, 7) is 11.0. The molecule has 26 heavy (non-hydrogen) atoms. The van der Waals surface area contributed by atoms with Crippen molar-refractivity contribution in [2.45, 2.75) is 56.6 Å². The van der Waals surface area contributed by atoms with Gasteiger partial charge in [0.15, 0.2) is 0 Å². The highest BCUT2D eigenvalue weighted by molar-refractivity contribution is 7.98. The molecule has 1 unspecified atom stereocenters. The van der Waals surface area contributed by atoms with E-state index in [1.807, 2.05) is 31.8 Å². The zero-order chi connectivity index (χ0) is 18.7. The predicted molar refractivity (Wildman–Crippen MR) is 113 cm³/mol. The van der Waals surface area contributed by atoms with Crippen LogP contribution in [0.3, 0.4) is 0 Å². The molecular formula is C23H32N2S. The van der Waals surface area contributed by atoms with Crippen molar-refractivity contribution < 1.29 is 0 Å². The molecule has 2 aromatic rings. The Bertz CT molecular complexity index is 750. The number of rotatable bonds is 1. The first-order chi connectivity index (χ1) is 12.6. The summed E-state index contributed by atoms with van der Waals surface area (Å²) in [5.74, 6) is 1.68. The van der Waals surface area contributed by atoms with Crippen LogP contribution in [0.4, 0.5) is 0 Å². The number of piperidine rings is 1. The average Bonchev–Trinajstić information content (AvgIpc) is 2.80. The molecule has 0 spiro atoms. The topological polar surface area (TPSA) is 16.1 Å². The summed E-state index contributed by atoms with van der Waals surface area (Å²) in [6, 6.07) is 11.4. The lowest BCUT2D eigenvalue weighted by molar-refractivity contribution is 0.169. The highest BCUT2D eigenvalue weighted by Crippen LogP contribution is 2.50. The lowest BCUT2D eigenvalue weighted by atomic mass is 9.65. The fourth-order valence-corrected chi connectivity index (χ4v) is 5.73. The van der Waals surface area contributed by atoms with Gasteiger partial charge in [-0.3, -0.25) is 4.98 Å². The summed E-state index contributed by atoms with van der Waals surface area (Å²) in [5.41, 5.74) is 5.59. The van der Waals surface area contributed by atoms with Gasteiger partial charge in [0.25, 0.3) is 0 Å². The maximum absolute atomic E-state index is 4.92. The van der Waals surface area contributed by atoms with E-state index in [1.54, 1.807) is 0 Å². The molecule has 0 amide bonds. The number of likely N-dealkylation sites (tertiary alicyclic amines) is 1. The van der Waals surface area contributed by atoms with E-state index < -0.39 is 0 Å². The van der Waals surface area contributed by atoms with Gasteiger partial charge < -0.3 is 4.90 Å². The highest BCUT2D eigenvalue weighted by Gasteiger charge is 2.43. The number of thioether (sulfide) groups is 1. The number of fused-ring (bicyclic) bond motifs is 2. The second kappa shape index (κ2) is 8.14. The number of pyridine rings is 1. The number of hydrogen-bond donors (Lipinski definition) is 0. The zero-order valence-corrected chi connectivity index (χ0v) is 17.7. The molecule has 0 bridgehead atoms. The Morgan fingerprint density at radius 3 is 2.62 bits per heavy atom. The Morgan fingerprint density at radius 1 is 1.15 bits per heavy atom. The van der Waals surface area contributed by atoms with Crippen molar-refractivity contribution >= 4 is 11.8 Å². The number of benzene rings is 1. The normalized spacial score (nSPS) is 23.3. The van der Waals surface area contributed by atoms with Crippen LogP contribution in [0.25, 0.3) is 0 Å². The third-order valence-electron chi connectivity index (χ3n) is 6.00. The molecule has 0 N–H and O–H groups in total. The molecule has 2 nitrogen and oxygen atoms in total. The van der Waals surface area contributed by atoms with Crippen LogP contribution in [-0.4, -0.2) is 30.0 Å². The number of hydrogen-bond acceptors (Lipinski definition) is 3. The number of aryl methyl sites for hydroxylation is 1. The van der Waals surface area contributed by atoms with Gasteiger partial charge in [0.1, 0.15) is 0 Å². The second-order valence-corrected chi connectivity index (χ2v) is 8.60. The van der Waals surface area contributed by atoms with Gasteiger partial charge in [-0.05, 0) is 81.6 Å². The molecule has 0 aliphatic carbocycles. The Hall–Kier alpha value is -1.32. The summed E-state index contributed by atoms with van der Waals surface area (Å²) < 4.78 is 0. The Balaban J connectivity index is 0.000000948. The quantitative estimate of drug-likeness (QED) is 0.645. The summed E-state index contributed by atoms with van der Waals surface area (Å²) in [5, 5.41) is 0. The van der Waals surface area contributed by atoms with Crippen molar-refractivity contribution in [2.75, 3.05) is 20.1 Å². The van der Waals surface area contributed by atoms with Gasteiger partial charge in [0.05, 0.1) is 5.69 Å². The summed E-state index contributed by atoms with van der Waals surface area (Å²) in [7, 11) is 2.24. The van der Waals surface area contributed by atoms with E-state index in [0.717, 1.165) is 5.75 Å².